The van der Waals surface area contributed by atoms with Crippen LogP contribution < -0.4 is 5.32 Å². The number of benzene rings is 4. The molecule has 0 radical (unpaired) electrons. The Morgan fingerprint density at radius 1 is 0.838 bits per heavy atom. The molecule has 0 bridgehead atoms. The van der Waals surface area contributed by atoms with Crippen molar-refractivity contribution in [3.05, 3.63) is 114 Å². The van der Waals surface area contributed by atoms with Gasteiger partial charge in [-0.1, -0.05) is 72.8 Å². The third-order valence-electron chi connectivity index (χ3n) is 6.00. The topological polar surface area (TPSA) is 96.1 Å². The van der Waals surface area contributed by atoms with Gasteiger partial charge in [-0.25, -0.2) is 0 Å². The summed E-state index contributed by atoms with van der Waals surface area (Å²) in [6, 6.07) is 31.6. The summed E-state index contributed by atoms with van der Waals surface area (Å²) >= 11 is 0. The first kappa shape index (κ1) is 23.7. The SMILES string of the molecule is Cc1cccc(NC(=O)Cn2c(O)c(N=NC(=O)c3ccc(-c4ccccc4)cc3)c3ccccc32)c1. The molecule has 0 spiro atoms. The third kappa shape index (κ3) is 5.16. The van der Waals surface area contributed by atoms with E-state index in [0.717, 1.165) is 16.7 Å². The molecule has 0 fully saturated rings. The molecule has 37 heavy (non-hydrogen) atoms. The highest BCUT2D eigenvalue weighted by Crippen LogP contribution is 2.39. The molecule has 0 saturated carbocycles. The van der Waals surface area contributed by atoms with Gasteiger partial charge in [-0.2, -0.15) is 0 Å². The van der Waals surface area contributed by atoms with Crippen molar-refractivity contribution < 1.29 is 14.7 Å². The van der Waals surface area contributed by atoms with Gasteiger partial charge in [-0.05, 0) is 53.9 Å². The Balaban J connectivity index is 1.38. The van der Waals surface area contributed by atoms with Gasteiger partial charge in [0.25, 0.3) is 5.91 Å². The zero-order valence-electron chi connectivity index (χ0n) is 20.1. The fourth-order valence-electron chi connectivity index (χ4n) is 4.19. The molecule has 0 saturated heterocycles. The van der Waals surface area contributed by atoms with Gasteiger partial charge in [-0.3, -0.25) is 9.59 Å². The van der Waals surface area contributed by atoms with Crippen molar-refractivity contribution in [3.8, 4) is 17.0 Å². The van der Waals surface area contributed by atoms with Crippen LogP contribution in [0.2, 0.25) is 0 Å². The Morgan fingerprint density at radius 2 is 1.54 bits per heavy atom. The Morgan fingerprint density at radius 3 is 2.30 bits per heavy atom. The molecule has 0 unspecified atom stereocenters. The summed E-state index contributed by atoms with van der Waals surface area (Å²) in [6.45, 7) is 1.81. The van der Waals surface area contributed by atoms with Crippen LogP contribution >= 0.6 is 0 Å². The molecular weight excluding hydrogens is 464 g/mol. The van der Waals surface area contributed by atoms with Gasteiger partial charge < -0.3 is 15.0 Å². The lowest BCUT2D eigenvalue weighted by Gasteiger charge is -2.09. The number of nitrogens with one attached hydrogen (secondary N) is 1. The van der Waals surface area contributed by atoms with Gasteiger partial charge in [-0.15, -0.1) is 10.2 Å². The summed E-state index contributed by atoms with van der Waals surface area (Å²) in [7, 11) is 0. The Kier molecular flexibility index (Phi) is 6.59. The number of para-hydroxylation sites is 1. The van der Waals surface area contributed by atoms with Crippen LogP contribution in [0.5, 0.6) is 5.88 Å². The van der Waals surface area contributed by atoms with Crippen molar-refractivity contribution in [2.24, 2.45) is 10.2 Å². The van der Waals surface area contributed by atoms with E-state index in [4.69, 9.17) is 0 Å². The maximum atomic E-state index is 12.7. The molecule has 2 amide bonds. The highest BCUT2D eigenvalue weighted by molar-refractivity contribution is 5.99. The van der Waals surface area contributed by atoms with Crippen molar-refractivity contribution >= 4 is 34.1 Å². The summed E-state index contributed by atoms with van der Waals surface area (Å²) in [4.78, 5) is 25.4. The zero-order valence-corrected chi connectivity index (χ0v) is 20.1. The number of aromatic hydroxyl groups is 1. The van der Waals surface area contributed by atoms with Gasteiger partial charge in [0.1, 0.15) is 6.54 Å². The van der Waals surface area contributed by atoms with Crippen LogP contribution in [0, 0.1) is 6.92 Å². The minimum Gasteiger partial charge on any atom is -0.493 e. The number of rotatable bonds is 6. The lowest BCUT2D eigenvalue weighted by molar-refractivity contribution is -0.116. The largest absolute Gasteiger partial charge is 0.493 e. The van der Waals surface area contributed by atoms with E-state index in [-0.39, 0.29) is 24.0 Å². The second-order valence-electron chi connectivity index (χ2n) is 8.64. The summed E-state index contributed by atoms with van der Waals surface area (Å²) in [6.07, 6.45) is 0. The number of azo groups is 1. The number of fused-ring (bicyclic) bond motifs is 1. The first-order valence-corrected chi connectivity index (χ1v) is 11.8. The minimum atomic E-state index is -0.534. The number of carbonyl (C=O) groups excluding carboxylic acids is 2. The predicted octanol–water partition coefficient (Wildman–Crippen LogP) is 6.89. The maximum Gasteiger partial charge on any atom is 0.295 e. The molecular formula is C30H24N4O3. The Hall–Kier alpha value is -5.04. The number of hydrogen-bond acceptors (Lipinski definition) is 4. The number of amides is 2. The van der Waals surface area contributed by atoms with Crippen LogP contribution in [0.1, 0.15) is 15.9 Å². The number of hydrogen-bond donors (Lipinski definition) is 2. The fraction of sp³-hybridized carbons (Fsp3) is 0.0667. The predicted molar refractivity (Wildman–Crippen MR) is 144 cm³/mol. The molecule has 0 aliphatic heterocycles. The maximum absolute atomic E-state index is 12.7. The lowest BCUT2D eigenvalue weighted by Crippen LogP contribution is -2.18. The molecule has 5 rings (SSSR count). The molecule has 182 valence electrons. The summed E-state index contributed by atoms with van der Waals surface area (Å²) in [5.41, 5.74) is 4.84. The van der Waals surface area contributed by atoms with Crippen molar-refractivity contribution in [1.29, 1.82) is 0 Å². The number of anilines is 1. The molecule has 7 nitrogen and oxygen atoms in total. The van der Waals surface area contributed by atoms with Crippen LogP contribution in [0.15, 0.2) is 113 Å². The molecule has 0 atom stereocenters. The molecule has 7 heteroatoms. The van der Waals surface area contributed by atoms with Crippen molar-refractivity contribution in [2.75, 3.05) is 5.32 Å². The highest BCUT2D eigenvalue weighted by Gasteiger charge is 2.19. The minimum absolute atomic E-state index is 0.133. The second-order valence-corrected chi connectivity index (χ2v) is 8.64. The van der Waals surface area contributed by atoms with E-state index in [0.29, 0.717) is 22.2 Å². The quantitative estimate of drug-likeness (QED) is 0.255. The van der Waals surface area contributed by atoms with E-state index in [9.17, 15) is 14.7 Å². The lowest BCUT2D eigenvalue weighted by atomic mass is 10.0. The molecule has 0 aliphatic rings. The van der Waals surface area contributed by atoms with E-state index in [1.807, 2.05) is 67.6 Å². The van der Waals surface area contributed by atoms with Crippen molar-refractivity contribution in [1.82, 2.24) is 4.57 Å². The molecule has 1 aromatic heterocycles. The highest BCUT2D eigenvalue weighted by atomic mass is 16.3. The van der Waals surface area contributed by atoms with Crippen molar-refractivity contribution in [3.63, 3.8) is 0 Å². The van der Waals surface area contributed by atoms with E-state index in [2.05, 4.69) is 15.5 Å². The van der Waals surface area contributed by atoms with Gasteiger partial charge in [0.15, 0.2) is 5.69 Å². The van der Waals surface area contributed by atoms with E-state index < -0.39 is 5.91 Å². The Labute approximate surface area is 213 Å². The van der Waals surface area contributed by atoms with Crippen LogP contribution in [-0.2, 0) is 11.3 Å². The van der Waals surface area contributed by atoms with Crippen LogP contribution in [0.25, 0.3) is 22.0 Å². The zero-order chi connectivity index (χ0) is 25.8. The molecule has 0 aliphatic carbocycles. The average Bonchev–Trinajstić information content (AvgIpc) is 3.18. The molecule has 5 aromatic rings. The van der Waals surface area contributed by atoms with Gasteiger partial charge in [0.05, 0.1) is 5.52 Å². The second kappa shape index (κ2) is 10.3. The average molecular weight is 489 g/mol. The van der Waals surface area contributed by atoms with Gasteiger partial charge in [0, 0.05) is 16.6 Å². The number of nitrogens with zero attached hydrogens (tertiary/aromatic N) is 3. The van der Waals surface area contributed by atoms with Crippen LogP contribution in [0.4, 0.5) is 11.4 Å². The standard InChI is InChI=1S/C30H24N4O3/c1-20-8-7-11-24(18-20)31-27(35)19-34-26-13-6-5-12-25(26)28(30(34)37)32-33-29(36)23-16-14-22(15-17-23)21-9-3-2-4-10-21/h2-18,37H,19H2,1H3,(H,31,35). The normalized spacial score (nSPS) is 11.2. The Bertz CT molecular complexity index is 1620. The smallest absolute Gasteiger partial charge is 0.295 e. The van der Waals surface area contributed by atoms with E-state index in [1.165, 1.54) is 4.57 Å². The molecule has 1 heterocycles. The summed E-state index contributed by atoms with van der Waals surface area (Å²) < 4.78 is 1.45. The first-order valence-electron chi connectivity index (χ1n) is 11.8. The van der Waals surface area contributed by atoms with Crippen LogP contribution in [0.3, 0.4) is 0 Å². The molecule has 2 N–H and O–H groups in total. The summed E-state index contributed by atoms with van der Waals surface area (Å²) in [5.74, 6) is -1.08. The van der Waals surface area contributed by atoms with Crippen LogP contribution in [-0.4, -0.2) is 21.5 Å². The van der Waals surface area contributed by atoms with Crippen molar-refractivity contribution in [2.45, 2.75) is 13.5 Å². The summed E-state index contributed by atoms with van der Waals surface area (Å²) in [5, 5.41) is 22.3. The number of aromatic nitrogens is 1. The van der Waals surface area contributed by atoms with E-state index >= 15 is 0 Å². The first-order chi connectivity index (χ1) is 18.0. The number of aryl methyl sites for hydroxylation is 1. The molecule has 4 aromatic carbocycles. The third-order valence-corrected chi connectivity index (χ3v) is 6.00. The van der Waals surface area contributed by atoms with Gasteiger partial charge in [0.2, 0.25) is 11.8 Å². The van der Waals surface area contributed by atoms with E-state index in [1.54, 1.807) is 42.5 Å². The van der Waals surface area contributed by atoms with Gasteiger partial charge >= 0.3 is 0 Å². The number of carbonyl (C=O) groups is 2. The monoisotopic (exact) mass is 488 g/mol. The fourth-order valence-corrected chi connectivity index (χ4v) is 4.19.